The van der Waals surface area contributed by atoms with Gasteiger partial charge in [-0.1, -0.05) is 19.3 Å². The molecule has 0 aromatic rings. The maximum Gasteiger partial charge on any atom is 0.411 e. The van der Waals surface area contributed by atoms with Gasteiger partial charge in [-0.2, -0.15) is 0 Å². The molecular formula is C14H23NO4. The number of rotatable bonds is 6. The number of terminal acetylenes is 1. The van der Waals surface area contributed by atoms with Crippen molar-refractivity contribution in [2.24, 2.45) is 0 Å². The fourth-order valence-electron chi connectivity index (χ4n) is 1.15. The minimum atomic E-state index is -0.629. The molecule has 0 unspecified atom stereocenters. The van der Waals surface area contributed by atoms with Crippen LogP contribution in [-0.2, 0) is 14.3 Å². The van der Waals surface area contributed by atoms with Crippen LogP contribution in [0.15, 0.2) is 0 Å². The molecular weight excluding hydrogens is 246 g/mol. The average Bonchev–Trinajstić information content (AvgIpc) is 2.26. The highest BCUT2D eigenvalue weighted by Gasteiger charge is 2.23. The summed E-state index contributed by atoms with van der Waals surface area (Å²) in [7, 11) is 0. The second kappa shape index (κ2) is 8.41. The Bertz CT molecular complexity index is 338. The lowest BCUT2D eigenvalue weighted by Crippen LogP contribution is -2.40. The third-order valence-electron chi connectivity index (χ3n) is 2.01. The van der Waals surface area contributed by atoms with Crippen LogP contribution in [0.3, 0.4) is 0 Å². The molecule has 0 saturated carbocycles. The summed E-state index contributed by atoms with van der Waals surface area (Å²) >= 11 is 0. The number of ether oxygens (including phenoxy) is 2. The predicted octanol–water partition coefficient (Wildman–Crippen LogP) is 2.20. The zero-order valence-electron chi connectivity index (χ0n) is 12.2. The third-order valence-corrected chi connectivity index (χ3v) is 2.01. The first-order chi connectivity index (χ1) is 8.80. The van der Waals surface area contributed by atoms with Crippen LogP contribution in [0.2, 0.25) is 0 Å². The molecule has 0 spiro atoms. The van der Waals surface area contributed by atoms with Crippen molar-refractivity contribution in [3.05, 3.63) is 0 Å². The van der Waals surface area contributed by atoms with E-state index in [2.05, 4.69) is 5.92 Å². The van der Waals surface area contributed by atoms with Gasteiger partial charge in [0, 0.05) is 0 Å². The smallest absolute Gasteiger partial charge is 0.411 e. The summed E-state index contributed by atoms with van der Waals surface area (Å²) in [5, 5.41) is 0. The van der Waals surface area contributed by atoms with Crippen LogP contribution in [0.1, 0.15) is 40.5 Å². The summed E-state index contributed by atoms with van der Waals surface area (Å²) < 4.78 is 10.1. The molecule has 1 amide bonds. The van der Waals surface area contributed by atoms with Gasteiger partial charge < -0.3 is 9.47 Å². The molecule has 0 saturated heterocycles. The van der Waals surface area contributed by atoms with E-state index in [9.17, 15) is 9.59 Å². The molecule has 0 aliphatic carbocycles. The van der Waals surface area contributed by atoms with Crippen LogP contribution in [0.5, 0.6) is 0 Å². The SMILES string of the molecule is C#CCN(CC(=O)OCCCC)C(=O)OC(C)(C)C. The molecule has 108 valence electrons. The predicted molar refractivity (Wildman–Crippen MR) is 72.5 cm³/mol. The van der Waals surface area contributed by atoms with E-state index in [-0.39, 0.29) is 13.1 Å². The van der Waals surface area contributed by atoms with Crippen LogP contribution >= 0.6 is 0 Å². The Morgan fingerprint density at radius 3 is 2.42 bits per heavy atom. The van der Waals surface area contributed by atoms with E-state index in [1.54, 1.807) is 20.8 Å². The normalized spacial score (nSPS) is 10.5. The highest BCUT2D eigenvalue weighted by molar-refractivity contribution is 5.78. The van der Waals surface area contributed by atoms with Crippen molar-refractivity contribution in [3.63, 3.8) is 0 Å². The topological polar surface area (TPSA) is 55.8 Å². The summed E-state index contributed by atoms with van der Waals surface area (Å²) in [5.74, 6) is 1.85. The first kappa shape index (κ1) is 17.3. The van der Waals surface area contributed by atoms with Crippen molar-refractivity contribution in [2.75, 3.05) is 19.7 Å². The molecule has 0 aromatic carbocycles. The molecule has 0 aromatic heterocycles. The van der Waals surface area contributed by atoms with Crippen molar-refractivity contribution in [3.8, 4) is 12.3 Å². The fraction of sp³-hybridized carbons (Fsp3) is 0.714. The van der Waals surface area contributed by atoms with E-state index >= 15 is 0 Å². The Morgan fingerprint density at radius 2 is 1.95 bits per heavy atom. The molecule has 0 aliphatic heterocycles. The van der Waals surface area contributed by atoms with Crippen LogP contribution in [0, 0.1) is 12.3 Å². The van der Waals surface area contributed by atoms with Gasteiger partial charge in [0.05, 0.1) is 13.2 Å². The summed E-state index contributed by atoms with van der Waals surface area (Å²) in [6.07, 6.45) is 6.30. The quantitative estimate of drug-likeness (QED) is 0.421. The molecule has 0 fully saturated rings. The Balaban J connectivity index is 4.36. The van der Waals surface area contributed by atoms with Crippen molar-refractivity contribution >= 4 is 12.1 Å². The highest BCUT2D eigenvalue weighted by Crippen LogP contribution is 2.09. The molecule has 5 nitrogen and oxygen atoms in total. The Labute approximate surface area is 115 Å². The van der Waals surface area contributed by atoms with Gasteiger partial charge in [-0.3, -0.25) is 9.69 Å². The van der Waals surface area contributed by atoms with Crippen LogP contribution in [0.4, 0.5) is 4.79 Å². The van der Waals surface area contributed by atoms with Gasteiger partial charge in [0.2, 0.25) is 0 Å². The molecule has 0 bridgehead atoms. The average molecular weight is 269 g/mol. The van der Waals surface area contributed by atoms with Gasteiger partial charge in [-0.15, -0.1) is 6.42 Å². The van der Waals surface area contributed by atoms with Gasteiger partial charge in [0.25, 0.3) is 0 Å². The second-order valence-electron chi connectivity index (χ2n) is 5.11. The maximum atomic E-state index is 11.8. The summed E-state index contributed by atoms with van der Waals surface area (Å²) in [6, 6.07) is 0. The largest absolute Gasteiger partial charge is 0.464 e. The number of carbonyl (C=O) groups excluding carboxylic acids is 2. The minimum Gasteiger partial charge on any atom is -0.464 e. The van der Waals surface area contributed by atoms with E-state index in [0.29, 0.717) is 6.61 Å². The summed E-state index contributed by atoms with van der Waals surface area (Å²) in [6.45, 7) is 7.42. The zero-order valence-corrected chi connectivity index (χ0v) is 12.2. The maximum absolute atomic E-state index is 11.8. The van der Waals surface area contributed by atoms with Crippen molar-refractivity contribution in [1.82, 2.24) is 4.90 Å². The fourth-order valence-corrected chi connectivity index (χ4v) is 1.15. The molecule has 0 atom stereocenters. The number of amides is 1. The number of esters is 1. The van der Waals surface area contributed by atoms with Crippen molar-refractivity contribution in [1.29, 1.82) is 0 Å². The molecule has 5 heteroatoms. The molecule has 0 heterocycles. The van der Waals surface area contributed by atoms with Crippen LogP contribution in [0.25, 0.3) is 0 Å². The molecule has 19 heavy (non-hydrogen) atoms. The van der Waals surface area contributed by atoms with Gasteiger partial charge in [-0.05, 0) is 27.2 Å². The monoisotopic (exact) mass is 269 g/mol. The van der Waals surface area contributed by atoms with Gasteiger partial charge >= 0.3 is 12.1 Å². The van der Waals surface area contributed by atoms with Gasteiger partial charge in [0.15, 0.2) is 0 Å². The summed E-state index contributed by atoms with van der Waals surface area (Å²) in [5.41, 5.74) is -0.629. The molecule has 0 rings (SSSR count). The third kappa shape index (κ3) is 8.95. The van der Waals surface area contributed by atoms with E-state index in [0.717, 1.165) is 17.7 Å². The van der Waals surface area contributed by atoms with Crippen LogP contribution < -0.4 is 0 Å². The first-order valence-electron chi connectivity index (χ1n) is 6.37. The molecule has 0 N–H and O–H groups in total. The standard InChI is InChI=1S/C14H23NO4/c1-6-8-10-18-12(16)11-15(9-7-2)13(17)19-14(3,4)5/h2H,6,8-11H2,1,3-5H3. The lowest BCUT2D eigenvalue weighted by molar-refractivity contribution is -0.144. The lowest BCUT2D eigenvalue weighted by atomic mass is 10.2. The molecule has 0 aliphatic rings. The van der Waals surface area contributed by atoms with Gasteiger partial charge in [-0.25, -0.2) is 4.79 Å². The number of hydrogen-bond acceptors (Lipinski definition) is 4. The Kier molecular flexibility index (Phi) is 7.66. The summed E-state index contributed by atoms with van der Waals surface area (Å²) in [4.78, 5) is 24.5. The number of nitrogens with zero attached hydrogens (tertiary/aromatic N) is 1. The highest BCUT2D eigenvalue weighted by atomic mass is 16.6. The number of carbonyl (C=O) groups is 2. The first-order valence-corrected chi connectivity index (χ1v) is 6.37. The van der Waals surface area contributed by atoms with E-state index < -0.39 is 17.7 Å². The van der Waals surface area contributed by atoms with Crippen molar-refractivity contribution < 1.29 is 19.1 Å². The number of unbranched alkanes of at least 4 members (excludes halogenated alkanes) is 1. The Morgan fingerprint density at radius 1 is 1.32 bits per heavy atom. The lowest BCUT2D eigenvalue weighted by Gasteiger charge is -2.25. The van der Waals surface area contributed by atoms with E-state index in [1.807, 2.05) is 6.92 Å². The number of hydrogen-bond donors (Lipinski definition) is 0. The minimum absolute atomic E-state index is 0.0117. The van der Waals surface area contributed by atoms with Gasteiger partial charge in [0.1, 0.15) is 12.1 Å². The Hall–Kier alpha value is -1.70. The van der Waals surface area contributed by atoms with E-state index in [1.165, 1.54) is 0 Å². The van der Waals surface area contributed by atoms with E-state index in [4.69, 9.17) is 15.9 Å². The molecule has 0 radical (unpaired) electrons. The van der Waals surface area contributed by atoms with Crippen molar-refractivity contribution in [2.45, 2.75) is 46.1 Å². The van der Waals surface area contributed by atoms with Crippen LogP contribution in [-0.4, -0.2) is 42.3 Å². The zero-order chi connectivity index (χ0) is 14.9. The second-order valence-corrected chi connectivity index (χ2v) is 5.11.